The molecule has 2 heterocycles. The van der Waals surface area contributed by atoms with Crippen LogP contribution in [0.25, 0.3) is 11.3 Å². The first kappa shape index (κ1) is 13.5. The average Bonchev–Trinajstić information content (AvgIpc) is 3.01. The van der Waals surface area contributed by atoms with Crippen LogP contribution in [0, 0.1) is 0 Å². The third-order valence-corrected chi connectivity index (χ3v) is 4.97. The minimum Gasteiger partial charge on any atom is -0.304 e. The van der Waals surface area contributed by atoms with E-state index in [1.807, 2.05) is 16.8 Å². The summed E-state index contributed by atoms with van der Waals surface area (Å²) in [6, 6.07) is 3.67. The van der Waals surface area contributed by atoms with E-state index in [9.17, 15) is 4.57 Å². The molecule has 5 nitrogen and oxygen atoms in total. The maximum atomic E-state index is 12.5. The lowest BCUT2D eigenvalue weighted by Gasteiger charge is -2.14. The number of hydrogen-bond donors (Lipinski definition) is 1. The highest BCUT2D eigenvalue weighted by molar-refractivity contribution is 7.61. The zero-order valence-corrected chi connectivity index (χ0v) is 12.0. The van der Waals surface area contributed by atoms with E-state index in [2.05, 4.69) is 10.2 Å². The van der Waals surface area contributed by atoms with E-state index in [-0.39, 0.29) is 0 Å². The van der Waals surface area contributed by atoms with Gasteiger partial charge in [-0.3, -0.25) is 9.66 Å². The van der Waals surface area contributed by atoms with Crippen LogP contribution in [-0.2, 0) is 13.6 Å². The van der Waals surface area contributed by atoms with Gasteiger partial charge in [-0.2, -0.15) is 16.4 Å². The lowest BCUT2D eigenvalue weighted by atomic mass is 10.2. The Hall–Kier alpha value is -0.940. The van der Waals surface area contributed by atoms with E-state index in [0.717, 1.165) is 11.3 Å². The molecule has 0 atom stereocenters. The lowest BCUT2D eigenvalue weighted by Crippen LogP contribution is -2.11. The van der Waals surface area contributed by atoms with Crippen LogP contribution in [0.2, 0.25) is 0 Å². The third kappa shape index (κ3) is 2.72. The first-order valence-corrected chi connectivity index (χ1v) is 8.16. The lowest BCUT2D eigenvalue weighted by molar-refractivity contribution is 0.229. The molecule has 0 spiro atoms. The molecule has 0 saturated heterocycles. The number of H-pyrrole nitrogens is 1. The van der Waals surface area contributed by atoms with Gasteiger partial charge in [-0.1, -0.05) is 0 Å². The van der Waals surface area contributed by atoms with Gasteiger partial charge < -0.3 is 9.05 Å². The van der Waals surface area contributed by atoms with E-state index in [1.165, 1.54) is 0 Å². The van der Waals surface area contributed by atoms with Gasteiger partial charge in [0.2, 0.25) is 0 Å². The number of aromatic nitrogens is 2. The van der Waals surface area contributed by atoms with Gasteiger partial charge in [0.25, 0.3) is 0 Å². The fraction of sp³-hybridized carbons (Fsp3) is 0.364. The minimum absolute atomic E-state index is 0.323. The van der Waals surface area contributed by atoms with Gasteiger partial charge in [-0.25, -0.2) is 0 Å². The molecule has 0 aliphatic heterocycles. The van der Waals surface area contributed by atoms with Gasteiger partial charge in [0.1, 0.15) is 5.44 Å². The zero-order valence-electron chi connectivity index (χ0n) is 10.3. The zero-order chi connectivity index (χ0) is 13.0. The van der Waals surface area contributed by atoms with Gasteiger partial charge in [-0.15, -0.1) is 0 Å². The average molecular weight is 286 g/mol. The van der Waals surface area contributed by atoms with Gasteiger partial charge in [0.05, 0.1) is 18.9 Å². The Balaban J connectivity index is 2.30. The van der Waals surface area contributed by atoms with Crippen molar-refractivity contribution in [2.45, 2.75) is 13.8 Å². The Kier molecular flexibility index (Phi) is 4.35. The van der Waals surface area contributed by atoms with Gasteiger partial charge in [0, 0.05) is 10.9 Å². The molecule has 98 valence electrons. The molecule has 0 aromatic carbocycles. The summed E-state index contributed by atoms with van der Waals surface area (Å²) in [4.78, 5) is 0. The maximum Gasteiger partial charge on any atom is 0.378 e. The monoisotopic (exact) mass is 286 g/mol. The van der Waals surface area contributed by atoms with Crippen molar-refractivity contribution in [3.63, 3.8) is 0 Å². The van der Waals surface area contributed by atoms with Crippen molar-refractivity contribution in [2.75, 3.05) is 13.2 Å². The fourth-order valence-electron chi connectivity index (χ4n) is 1.53. The van der Waals surface area contributed by atoms with Crippen LogP contribution < -0.4 is 5.44 Å². The number of aromatic amines is 1. The molecule has 2 rings (SSSR count). The maximum absolute atomic E-state index is 12.5. The van der Waals surface area contributed by atoms with Crippen LogP contribution >= 0.6 is 18.9 Å². The van der Waals surface area contributed by atoms with Crippen molar-refractivity contribution in [3.8, 4) is 11.3 Å². The molecule has 2 aromatic rings. The molecule has 0 bridgehead atoms. The smallest absolute Gasteiger partial charge is 0.304 e. The van der Waals surface area contributed by atoms with Crippen LogP contribution in [0.5, 0.6) is 0 Å². The van der Waals surface area contributed by atoms with Crippen LogP contribution in [0.1, 0.15) is 13.8 Å². The first-order valence-electron chi connectivity index (χ1n) is 5.67. The molecule has 7 heteroatoms. The fourth-order valence-corrected chi connectivity index (χ4v) is 3.66. The predicted molar refractivity (Wildman–Crippen MR) is 72.4 cm³/mol. The molecule has 0 radical (unpaired) electrons. The number of thiophene rings is 1. The van der Waals surface area contributed by atoms with Crippen molar-refractivity contribution < 1.29 is 13.6 Å². The Bertz CT molecular complexity index is 528. The Morgan fingerprint density at radius 3 is 2.67 bits per heavy atom. The molecule has 0 aliphatic rings. The Labute approximate surface area is 110 Å². The summed E-state index contributed by atoms with van der Waals surface area (Å²) < 4.78 is 23.0. The molecular formula is C11H15N2O3PS. The van der Waals surface area contributed by atoms with Gasteiger partial charge >= 0.3 is 7.60 Å². The highest BCUT2D eigenvalue weighted by Gasteiger charge is 2.29. The van der Waals surface area contributed by atoms with E-state index >= 15 is 0 Å². The van der Waals surface area contributed by atoms with E-state index in [0.29, 0.717) is 18.6 Å². The molecule has 0 saturated carbocycles. The van der Waals surface area contributed by atoms with Crippen molar-refractivity contribution >= 4 is 24.4 Å². The van der Waals surface area contributed by atoms with E-state index < -0.39 is 7.60 Å². The van der Waals surface area contributed by atoms with Crippen molar-refractivity contribution in [1.82, 2.24) is 10.2 Å². The molecule has 0 amide bonds. The number of rotatable bonds is 6. The second-order valence-electron chi connectivity index (χ2n) is 3.48. The predicted octanol–water partition coefficient (Wildman–Crippen LogP) is 3.03. The number of hydrogen-bond acceptors (Lipinski definition) is 5. The third-order valence-electron chi connectivity index (χ3n) is 2.27. The summed E-state index contributed by atoms with van der Waals surface area (Å²) in [6.07, 6.45) is 0. The normalized spacial score (nSPS) is 11.9. The van der Waals surface area contributed by atoms with Crippen molar-refractivity contribution in [1.29, 1.82) is 0 Å². The highest BCUT2D eigenvalue weighted by atomic mass is 32.1. The molecule has 18 heavy (non-hydrogen) atoms. The summed E-state index contributed by atoms with van der Waals surface area (Å²) in [5, 5.41) is 10.8. The quantitative estimate of drug-likeness (QED) is 0.829. The van der Waals surface area contributed by atoms with Gasteiger partial charge in [0.15, 0.2) is 0 Å². The van der Waals surface area contributed by atoms with Crippen LogP contribution in [0.15, 0.2) is 22.9 Å². The topological polar surface area (TPSA) is 64.2 Å². The second-order valence-corrected chi connectivity index (χ2v) is 6.26. The van der Waals surface area contributed by atoms with E-state index in [1.54, 1.807) is 31.3 Å². The largest absolute Gasteiger partial charge is 0.378 e. The molecule has 0 unspecified atom stereocenters. The standard InChI is InChI=1S/C11H15N2O3PS/c1-3-15-17(14,16-4-2)11-7-10(12-13-11)9-5-6-18-8-9/h5-8H,3-4H2,1-2H3,(H,12,13). The van der Waals surface area contributed by atoms with Crippen molar-refractivity contribution in [3.05, 3.63) is 22.9 Å². The van der Waals surface area contributed by atoms with E-state index in [4.69, 9.17) is 9.05 Å². The van der Waals surface area contributed by atoms with Gasteiger partial charge in [-0.05, 0) is 31.4 Å². The highest BCUT2D eigenvalue weighted by Crippen LogP contribution is 2.46. The molecule has 0 aliphatic carbocycles. The van der Waals surface area contributed by atoms with Crippen LogP contribution in [0.4, 0.5) is 0 Å². The molecule has 2 aromatic heterocycles. The Morgan fingerprint density at radius 2 is 2.11 bits per heavy atom. The number of nitrogens with zero attached hydrogens (tertiary/aromatic N) is 1. The number of nitrogens with one attached hydrogen (secondary N) is 1. The SMILES string of the molecule is CCOP(=O)(OCC)c1cc(-c2ccsc2)n[nH]1. The Morgan fingerprint density at radius 1 is 1.39 bits per heavy atom. The van der Waals surface area contributed by atoms with Crippen LogP contribution in [-0.4, -0.2) is 23.4 Å². The first-order chi connectivity index (χ1) is 8.69. The summed E-state index contributed by atoms with van der Waals surface area (Å²) in [5.41, 5.74) is 2.13. The summed E-state index contributed by atoms with van der Waals surface area (Å²) in [6.45, 7) is 4.21. The second kappa shape index (κ2) is 5.80. The van der Waals surface area contributed by atoms with Crippen LogP contribution in [0.3, 0.4) is 0 Å². The molecule has 1 N–H and O–H groups in total. The molecule has 0 fully saturated rings. The minimum atomic E-state index is -3.27. The summed E-state index contributed by atoms with van der Waals surface area (Å²) in [5.74, 6) is 0. The summed E-state index contributed by atoms with van der Waals surface area (Å²) >= 11 is 1.59. The molecular weight excluding hydrogens is 271 g/mol. The van der Waals surface area contributed by atoms with Crippen molar-refractivity contribution in [2.24, 2.45) is 0 Å². The summed E-state index contributed by atoms with van der Waals surface area (Å²) in [7, 11) is -3.27.